The molecule has 0 rings (SSSR count). The van der Waals surface area contributed by atoms with E-state index in [1.807, 2.05) is 4.90 Å². The van der Waals surface area contributed by atoms with Gasteiger partial charge in [-0.15, -0.1) is 0 Å². The Hall–Kier alpha value is -1.24. The third-order valence-electron chi connectivity index (χ3n) is 2.11. The fraction of sp³-hybridized carbons (Fsp3) is 1.00. The highest BCUT2D eigenvalue weighted by Crippen LogP contribution is 2.03. The Balaban J connectivity index is 4.30. The van der Waals surface area contributed by atoms with E-state index in [1.54, 1.807) is 20.8 Å². The van der Waals surface area contributed by atoms with Gasteiger partial charge in [-0.2, -0.15) is 14.7 Å². The minimum absolute atomic E-state index is 0.377. The van der Waals surface area contributed by atoms with Crippen LogP contribution in [0.4, 0.5) is 0 Å². The average Bonchev–Trinajstić information content (AvgIpc) is 2.28. The summed E-state index contributed by atoms with van der Waals surface area (Å²) in [4.78, 5) is 32.7. The third kappa shape index (κ3) is 6.28. The zero-order chi connectivity index (χ0) is 12.6. The second-order valence-corrected chi connectivity index (χ2v) is 4.08. The molecule has 0 heterocycles. The summed E-state index contributed by atoms with van der Waals surface area (Å²) in [5.41, 5.74) is 0. The van der Waals surface area contributed by atoms with Crippen molar-refractivity contribution in [3.63, 3.8) is 0 Å². The van der Waals surface area contributed by atoms with Gasteiger partial charge in [-0.3, -0.25) is 4.90 Å². The fourth-order valence-electron chi connectivity index (χ4n) is 1.44. The van der Waals surface area contributed by atoms with Crippen molar-refractivity contribution in [2.45, 2.75) is 38.9 Å². The molecule has 0 radical (unpaired) electrons. The summed E-state index contributed by atoms with van der Waals surface area (Å²) in [5.74, 6) is 0. The number of nitrogens with zero attached hydrogens (tertiary/aromatic N) is 4. The molecule has 3 atom stereocenters. The first-order valence-electron chi connectivity index (χ1n) is 5.23. The van der Waals surface area contributed by atoms with Gasteiger partial charge < -0.3 is 0 Å². The molecule has 0 fully saturated rings. The summed E-state index contributed by atoms with van der Waals surface area (Å²) in [6.45, 7) is 6.25. The van der Waals surface area contributed by atoms with Gasteiger partial charge in [-0.1, -0.05) is 15.5 Å². The lowest BCUT2D eigenvalue weighted by molar-refractivity contribution is 0.239. The van der Waals surface area contributed by atoms with Crippen molar-refractivity contribution in [2.75, 3.05) is 19.6 Å². The van der Waals surface area contributed by atoms with Crippen molar-refractivity contribution >= 4 is 0 Å². The molecule has 0 spiro atoms. The molecule has 0 aliphatic heterocycles. The Morgan fingerprint density at radius 3 is 1.19 bits per heavy atom. The molecule has 16 heavy (non-hydrogen) atoms. The van der Waals surface area contributed by atoms with Crippen LogP contribution in [0.5, 0.6) is 0 Å². The Morgan fingerprint density at radius 2 is 1.00 bits per heavy atom. The standard InChI is InChI=1S/C9H18N4O3/c1-7(10-14)4-13(5-8(2)11-15)6-9(3)12-16/h7-9H,4-6H2,1-3H3. The van der Waals surface area contributed by atoms with Crippen LogP contribution in [-0.2, 0) is 0 Å². The monoisotopic (exact) mass is 230 g/mol. The molecule has 3 unspecified atom stereocenters. The van der Waals surface area contributed by atoms with Gasteiger partial charge in [0.1, 0.15) is 18.1 Å². The molecule has 0 N–H and O–H groups in total. The minimum Gasteiger partial charge on any atom is -0.297 e. The van der Waals surface area contributed by atoms with Gasteiger partial charge in [0.25, 0.3) is 0 Å². The highest BCUT2D eigenvalue weighted by Gasteiger charge is 2.17. The second-order valence-electron chi connectivity index (χ2n) is 4.08. The maximum Gasteiger partial charge on any atom is 0.102 e. The third-order valence-corrected chi connectivity index (χ3v) is 2.11. The van der Waals surface area contributed by atoms with Crippen molar-refractivity contribution in [1.29, 1.82) is 0 Å². The Kier molecular flexibility index (Phi) is 7.36. The molecule has 92 valence electrons. The first-order chi connectivity index (χ1) is 7.53. The molecule has 0 aromatic rings. The van der Waals surface area contributed by atoms with Crippen LogP contribution in [0.25, 0.3) is 0 Å². The van der Waals surface area contributed by atoms with Gasteiger partial charge in [-0.05, 0) is 20.8 Å². The van der Waals surface area contributed by atoms with Crippen molar-refractivity contribution < 1.29 is 0 Å². The minimum atomic E-state index is -0.377. The molecule has 0 saturated heterocycles. The summed E-state index contributed by atoms with van der Waals surface area (Å²) >= 11 is 0. The van der Waals surface area contributed by atoms with E-state index < -0.39 is 0 Å². The van der Waals surface area contributed by atoms with E-state index in [1.165, 1.54) is 0 Å². The first-order valence-corrected chi connectivity index (χ1v) is 5.23. The van der Waals surface area contributed by atoms with Crippen molar-refractivity contribution in [1.82, 2.24) is 4.90 Å². The molecule has 0 amide bonds. The van der Waals surface area contributed by atoms with Crippen molar-refractivity contribution in [2.24, 2.45) is 15.5 Å². The van der Waals surface area contributed by atoms with Crippen LogP contribution in [0.1, 0.15) is 20.8 Å². The van der Waals surface area contributed by atoms with Gasteiger partial charge in [0.2, 0.25) is 0 Å². The quantitative estimate of drug-likeness (QED) is 0.564. The predicted octanol–water partition coefficient (Wildman–Crippen LogP) is 1.75. The maximum atomic E-state index is 10.3. The Bertz CT molecular complexity index is 199. The van der Waals surface area contributed by atoms with Crippen LogP contribution < -0.4 is 0 Å². The summed E-state index contributed by atoms with van der Waals surface area (Å²) in [6, 6.07) is -1.13. The Labute approximate surface area is 94.5 Å². The smallest absolute Gasteiger partial charge is 0.102 e. The fourth-order valence-corrected chi connectivity index (χ4v) is 1.44. The molecule has 0 aliphatic rings. The van der Waals surface area contributed by atoms with Crippen molar-refractivity contribution in [3.05, 3.63) is 14.7 Å². The zero-order valence-corrected chi connectivity index (χ0v) is 9.87. The SMILES string of the molecule is CC(CN(CC(C)N=O)CC(C)N=O)N=O. The number of rotatable bonds is 9. The second kappa shape index (κ2) is 7.98. The summed E-state index contributed by atoms with van der Waals surface area (Å²) in [7, 11) is 0. The Morgan fingerprint density at radius 1 is 0.750 bits per heavy atom. The molecule has 0 aromatic carbocycles. The number of hydrogen-bond acceptors (Lipinski definition) is 7. The van der Waals surface area contributed by atoms with E-state index in [4.69, 9.17) is 0 Å². The molecule has 0 aromatic heterocycles. The molecule has 0 bridgehead atoms. The normalized spacial score (nSPS) is 16.5. The van der Waals surface area contributed by atoms with Crippen LogP contribution in [0.2, 0.25) is 0 Å². The summed E-state index contributed by atoms with van der Waals surface area (Å²) in [5, 5.41) is 8.66. The molecular formula is C9H18N4O3. The van der Waals surface area contributed by atoms with E-state index in [9.17, 15) is 14.7 Å². The van der Waals surface area contributed by atoms with E-state index in [0.29, 0.717) is 19.6 Å². The number of nitroso groups, excluding NO2 is 3. The highest BCUT2D eigenvalue weighted by molar-refractivity contribution is 4.75. The van der Waals surface area contributed by atoms with Gasteiger partial charge in [0, 0.05) is 19.6 Å². The number of hydrogen-bond donors (Lipinski definition) is 0. The molecule has 0 saturated carbocycles. The molecule has 0 aliphatic carbocycles. The van der Waals surface area contributed by atoms with E-state index in [-0.39, 0.29) is 18.1 Å². The van der Waals surface area contributed by atoms with Crippen LogP contribution >= 0.6 is 0 Å². The topological polar surface area (TPSA) is 91.5 Å². The zero-order valence-electron chi connectivity index (χ0n) is 9.87. The van der Waals surface area contributed by atoms with Gasteiger partial charge in [0.05, 0.1) is 0 Å². The summed E-state index contributed by atoms with van der Waals surface area (Å²) < 4.78 is 0. The maximum absolute atomic E-state index is 10.3. The van der Waals surface area contributed by atoms with Gasteiger partial charge >= 0.3 is 0 Å². The van der Waals surface area contributed by atoms with Crippen LogP contribution in [0.3, 0.4) is 0 Å². The van der Waals surface area contributed by atoms with Gasteiger partial charge in [0.15, 0.2) is 0 Å². The molecule has 7 nitrogen and oxygen atoms in total. The van der Waals surface area contributed by atoms with Crippen LogP contribution in [0.15, 0.2) is 15.5 Å². The molecule has 7 heteroatoms. The molecular weight excluding hydrogens is 212 g/mol. The summed E-state index contributed by atoms with van der Waals surface area (Å²) in [6.07, 6.45) is 0. The highest BCUT2D eigenvalue weighted by atomic mass is 16.3. The first kappa shape index (κ1) is 14.8. The largest absolute Gasteiger partial charge is 0.297 e. The lowest BCUT2D eigenvalue weighted by Crippen LogP contribution is -2.39. The van der Waals surface area contributed by atoms with Crippen LogP contribution in [-0.4, -0.2) is 42.7 Å². The van der Waals surface area contributed by atoms with Gasteiger partial charge in [-0.25, -0.2) is 0 Å². The average molecular weight is 230 g/mol. The lowest BCUT2D eigenvalue weighted by atomic mass is 10.2. The van der Waals surface area contributed by atoms with Crippen LogP contribution in [0, 0.1) is 14.7 Å². The predicted molar refractivity (Wildman–Crippen MR) is 62.2 cm³/mol. The lowest BCUT2D eigenvalue weighted by Gasteiger charge is -2.24. The van der Waals surface area contributed by atoms with E-state index >= 15 is 0 Å². The van der Waals surface area contributed by atoms with E-state index in [0.717, 1.165) is 0 Å². The van der Waals surface area contributed by atoms with E-state index in [2.05, 4.69) is 15.5 Å². The van der Waals surface area contributed by atoms with Crippen molar-refractivity contribution in [3.8, 4) is 0 Å².